The first kappa shape index (κ1) is 12.5. The van der Waals surface area contributed by atoms with E-state index in [4.69, 9.17) is 0 Å². The van der Waals surface area contributed by atoms with Gasteiger partial charge in [-0.05, 0) is 36.6 Å². The molecule has 6 heteroatoms. The number of fused-ring (bicyclic) bond motifs is 2. The Bertz CT molecular complexity index is 711. The summed E-state index contributed by atoms with van der Waals surface area (Å²) in [6.45, 7) is 1.28. The molecule has 108 valence electrons. The van der Waals surface area contributed by atoms with Gasteiger partial charge in [-0.2, -0.15) is 0 Å². The molecule has 3 heterocycles. The number of hydrogen-bond donors (Lipinski definition) is 0. The van der Waals surface area contributed by atoms with Gasteiger partial charge in [-0.25, -0.2) is 4.39 Å². The van der Waals surface area contributed by atoms with Gasteiger partial charge in [0.1, 0.15) is 18.0 Å². The monoisotopic (exact) mass is 286 g/mol. The molecule has 0 bridgehead atoms. The van der Waals surface area contributed by atoms with Gasteiger partial charge in [0.05, 0.1) is 5.92 Å². The van der Waals surface area contributed by atoms with Crippen LogP contribution in [0.3, 0.4) is 0 Å². The van der Waals surface area contributed by atoms with Crippen molar-refractivity contribution in [1.82, 2.24) is 14.8 Å². The Balaban J connectivity index is 1.58. The molecule has 4 rings (SSSR count). The molecule has 1 atom stereocenters. The highest BCUT2D eigenvalue weighted by Gasteiger charge is 2.32. The molecule has 0 radical (unpaired) electrons. The number of rotatable bonds is 1. The summed E-state index contributed by atoms with van der Waals surface area (Å²) in [5, 5.41) is 7.93. The van der Waals surface area contributed by atoms with Crippen LogP contribution in [0.25, 0.3) is 0 Å². The molecule has 0 aliphatic carbocycles. The number of nitrogens with zero attached hydrogens (tertiary/aromatic N) is 4. The molecule has 0 N–H and O–H groups in total. The number of amides is 1. The Morgan fingerprint density at radius 2 is 2.24 bits per heavy atom. The topological polar surface area (TPSA) is 51.0 Å². The summed E-state index contributed by atoms with van der Waals surface area (Å²) in [5.41, 5.74) is 1.78. The Labute approximate surface area is 121 Å². The molecule has 0 spiro atoms. The van der Waals surface area contributed by atoms with Gasteiger partial charge in [-0.3, -0.25) is 4.79 Å². The molecule has 5 nitrogen and oxygen atoms in total. The zero-order valence-electron chi connectivity index (χ0n) is 11.5. The minimum Gasteiger partial charge on any atom is -0.317 e. The third kappa shape index (κ3) is 2.02. The van der Waals surface area contributed by atoms with Crippen LogP contribution in [0.2, 0.25) is 0 Å². The number of carbonyl (C=O) groups is 1. The van der Waals surface area contributed by atoms with Gasteiger partial charge < -0.3 is 9.47 Å². The molecule has 1 aromatic heterocycles. The highest BCUT2D eigenvalue weighted by atomic mass is 19.1. The van der Waals surface area contributed by atoms with Crippen molar-refractivity contribution < 1.29 is 9.18 Å². The average molecular weight is 286 g/mol. The van der Waals surface area contributed by atoms with E-state index in [0.717, 1.165) is 36.3 Å². The second-order valence-corrected chi connectivity index (χ2v) is 5.65. The van der Waals surface area contributed by atoms with Crippen molar-refractivity contribution in [2.75, 3.05) is 11.4 Å². The minimum absolute atomic E-state index is 0.0514. The van der Waals surface area contributed by atoms with Crippen molar-refractivity contribution in [2.24, 2.45) is 5.92 Å². The normalized spacial score (nSPS) is 20.2. The Morgan fingerprint density at radius 3 is 3.14 bits per heavy atom. The van der Waals surface area contributed by atoms with Crippen LogP contribution in [-0.2, 0) is 24.2 Å². The van der Waals surface area contributed by atoms with E-state index in [1.54, 1.807) is 17.3 Å². The van der Waals surface area contributed by atoms with E-state index in [9.17, 15) is 9.18 Å². The molecule has 0 saturated carbocycles. The van der Waals surface area contributed by atoms with E-state index in [1.807, 2.05) is 4.57 Å². The van der Waals surface area contributed by atoms with E-state index < -0.39 is 0 Å². The number of aromatic nitrogens is 3. The highest BCUT2D eigenvalue weighted by Crippen LogP contribution is 2.31. The van der Waals surface area contributed by atoms with Crippen LogP contribution in [0, 0.1) is 11.7 Å². The maximum atomic E-state index is 13.3. The zero-order chi connectivity index (χ0) is 14.4. The van der Waals surface area contributed by atoms with Gasteiger partial charge in [0.15, 0.2) is 0 Å². The van der Waals surface area contributed by atoms with Gasteiger partial charge >= 0.3 is 0 Å². The van der Waals surface area contributed by atoms with Crippen molar-refractivity contribution in [3.05, 3.63) is 41.7 Å². The Kier molecular flexibility index (Phi) is 2.77. The van der Waals surface area contributed by atoms with Crippen LogP contribution in [0.1, 0.15) is 17.8 Å². The third-order valence-electron chi connectivity index (χ3n) is 4.38. The number of carbonyl (C=O) groups excluding carboxylic acids is 1. The lowest BCUT2D eigenvalue weighted by atomic mass is 9.98. The Hall–Kier alpha value is -2.24. The predicted octanol–water partition coefficient (Wildman–Crippen LogP) is 1.57. The molecular formula is C15H15FN4O. The summed E-state index contributed by atoms with van der Waals surface area (Å²) in [6, 6.07) is 4.66. The summed E-state index contributed by atoms with van der Waals surface area (Å²) in [7, 11) is 0. The molecule has 21 heavy (non-hydrogen) atoms. The lowest BCUT2D eigenvalue weighted by molar-refractivity contribution is -0.123. The van der Waals surface area contributed by atoms with Crippen LogP contribution in [0.15, 0.2) is 24.5 Å². The van der Waals surface area contributed by atoms with Crippen molar-refractivity contribution in [3.8, 4) is 0 Å². The summed E-state index contributed by atoms with van der Waals surface area (Å²) < 4.78 is 15.2. The molecule has 1 aromatic carbocycles. The van der Waals surface area contributed by atoms with Crippen LogP contribution >= 0.6 is 0 Å². The van der Waals surface area contributed by atoms with E-state index in [2.05, 4.69) is 10.2 Å². The third-order valence-corrected chi connectivity index (χ3v) is 4.38. The molecule has 2 aliphatic rings. The summed E-state index contributed by atoms with van der Waals surface area (Å²) in [4.78, 5) is 14.6. The first-order valence-corrected chi connectivity index (χ1v) is 7.19. The maximum absolute atomic E-state index is 13.3. The largest absolute Gasteiger partial charge is 0.317 e. The van der Waals surface area contributed by atoms with Crippen molar-refractivity contribution >= 4 is 11.6 Å². The zero-order valence-corrected chi connectivity index (χ0v) is 11.5. The second kappa shape index (κ2) is 4.65. The highest BCUT2D eigenvalue weighted by molar-refractivity contribution is 5.97. The molecule has 0 fully saturated rings. The predicted molar refractivity (Wildman–Crippen MR) is 74.3 cm³/mol. The van der Waals surface area contributed by atoms with Crippen molar-refractivity contribution in [3.63, 3.8) is 0 Å². The lowest BCUT2D eigenvalue weighted by Crippen LogP contribution is -2.38. The number of benzene rings is 1. The second-order valence-electron chi connectivity index (χ2n) is 5.65. The molecule has 2 aliphatic heterocycles. The fourth-order valence-electron chi connectivity index (χ4n) is 3.28. The van der Waals surface area contributed by atoms with Gasteiger partial charge in [0.2, 0.25) is 5.91 Å². The fourth-order valence-corrected chi connectivity index (χ4v) is 3.28. The number of hydrogen-bond acceptors (Lipinski definition) is 3. The number of halogens is 1. The standard InChI is InChI=1S/C15H15FN4O/c16-12-2-3-13-10(7-12)5-6-20(13)15(21)11-1-4-14-18-17-9-19(14)8-11/h2-3,7,9,11H,1,4-6,8H2. The van der Waals surface area contributed by atoms with Gasteiger partial charge in [-0.15, -0.1) is 10.2 Å². The minimum atomic E-state index is -0.241. The summed E-state index contributed by atoms with van der Waals surface area (Å²) in [5.74, 6) is 0.780. The first-order valence-electron chi connectivity index (χ1n) is 7.19. The van der Waals surface area contributed by atoms with Crippen LogP contribution in [0.4, 0.5) is 10.1 Å². The molecule has 1 amide bonds. The molecule has 0 saturated heterocycles. The smallest absolute Gasteiger partial charge is 0.231 e. The molecule has 1 unspecified atom stereocenters. The first-order chi connectivity index (χ1) is 10.2. The molecule has 2 aromatic rings. The van der Waals surface area contributed by atoms with Crippen LogP contribution in [0.5, 0.6) is 0 Å². The summed E-state index contributed by atoms with van der Waals surface area (Å²) in [6.07, 6.45) is 3.98. The van der Waals surface area contributed by atoms with Gasteiger partial charge in [0, 0.05) is 25.2 Å². The van der Waals surface area contributed by atoms with Crippen molar-refractivity contribution in [1.29, 1.82) is 0 Å². The SMILES string of the molecule is O=C(C1CCc2nncn2C1)N1CCc2cc(F)ccc21. The van der Waals surface area contributed by atoms with Crippen molar-refractivity contribution in [2.45, 2.75) is 25.8 Å². The average Bonchev–Trinajstić information content (AvgIpc) is 3.11. The molecular weight excluding hydrogens is 271 g/mol. The van der Waals surface area contributed by atoms with Gasteiger partial charge in [-0.1, -0.05) is 0 Å². The van der Waals surface area contributed by atoms with E-state index in [0.29, 0.717) is 13.1 Å². The fraction of sp³-hybridized carbons (Fsp3) is 0.400. The van der Waals surface area contributed by atoms with E-state index in [1.165, 1.54) is 12.1 Å². The van der Waals surface area contributed by atoms with Gasteiger partial charge in [0.25, 0.3) is 0 Å². The number of aryl methyl sites for hydroxylation is 1. The van der Waals surface area contributed by atoms with E-state index in [-0.39, 0.29) is 17.6 Å². The Morgan fingerprint density at radius 1 is 1.33 bits per heavy atom. The number of anilines is 1. The van der Waals surface area contributed by atoms with E-state index >= 15 is 0 Å². The van der Waals surface area contributed by atoms with Crippen LogP contribution < -0.4 is 4.90 Å². The maximum Gasteiger partial charge on any atom is 0.231 e. The quantitative estimate of drug-likeness (QED) is 0.799. The van der Waals surface area contributed by atoms with Crippen LogP contribution in [-0.4, -0.2) is 27.2 Å². The lowest BCUT2D eigenvalue weighted by Gasteiger charge is -2.27. The summed E-state index contributed by atoms with van der Waals surface area (Å²) >= 11 is 0.